The van der Waals surface area contributed by atoms with E-state index < -0.39 is 39.0 Å². The maximum atomic E-state index is 14.0. The second kappa shape index (κ2) is 13.0. The summed E-state index contributed by atoms with van der Waals surface area (Å²) in [5.41, 5.74) is 3.25. The Labute approximate surface area is 244 Å². The van der Waals surface area contributed by atoms with E-state index in [4.69, 9.17) is 14.3 Å². The van der Waals surface area contributed by atoms with Gasteiger partial charge in [-0.1, -0.05) is 30.3 Å². The van der Waals surface area contributed by atoms with Gasteiger partial charge in [0.2, 0.25) is 5.91 Å². The van der Waals surface area contributed by atoms with Crippen LogP contribution in [0.5, 0.6) is 11.5 Å². The van der Waals surface area contributed by atoms with Gasteiger partial charge in [-0.3, -0.25) is 9.59 Å². The van der Waals surface area contributed by atoms with Crippen LogP contribution in [0.25, 0.3) is 0 Å². The van der Waals surface area contributed by atoms with Gasteiger partial charge in [0.1, 0.15) is 22.1 Å². The van der Waals surface area contributed by atoms with Gasteiger partial charge in [-0.2, -0.15) is 0 Å². The van der Waals surface area contributed by atoms with Gasteiger partial charge in [-0.05, 0) is 73.4 Å². The minimum atomic E-state index is -3.96. The third kappa shape index (κ3) is 6.80. The number of carbonyl (C=O) groups excluding carboxylic acids is 2. The highest BCUT2D eigenvalue weighted by atomic mass is 32.2. The van der Waals surface area contributed by atoms with E-state index >= 15 is 0 Å². The molecule has 11 heteroatoms. The molecule has 2 amide bonds. The zero-order valence-electron chi connectivity index (χ0n) is 23.0. The number of carbonyl (C=O) groups is 2. The fourth-order valence-corrected chi connectivity index (χ4v) is 7.40. The van der Waals surface area contributed by atoms with Crippen LogP contribution in [0.15, 0.2) is 78.9 Å². The highest BCUT2D eigenvalue weighted by Crippen LogP contribution is 2.41. The molecule has 9 nitrogen and oxygen atoms in total. The van der Waals surface area contributed by atoms with Crippen LogP contribution in [-0.2, 0) is 29.0 Å². The topological polar surface area (TPSA) is 111 Å². The third-order valence-corrected chi connectivity index (χ3v) is 10.1. The van der Waals surface area contributed by atoms with Gasteiger partial charge in [-0.25, -0.2) is 23.1 Å². The molecule has 0 saturated carbocycles. The van der Waals surface area contributed by atoms with E-state index in [1.54, 1.807) is 54.6 Å². The summed E-state index contributed by atoms with van der Waals surface area (Å²) in [7, 11) is -3.96. The average molecular weight is 597 g/mol. The molecule has 3 aromatic rings. The first-order valence-corrected chi connectivity index (χ1v) is 15.6. The van der Waals surface area contributed by atoms with Crippen LogP contribution in [0.3, 0.4) is 0 Å². The summed E-state index contributed by atoms with van der Waals surface area (Å²) in [5, 5.41) is 0. The molecule has 5 rings (SSSR count). The smallest absolute Gasteiger partial charge is 0.253 e. The summed E-state index contributed by atoms with van der Waals surface area (Å²) < 4.78 is 51.0. The van der Waals surface area contributed by atoms with Crippen molar-refractivity contribution in [3.63, 3.8) is 0 Å². The van der Waals surface area contributed by atoms with Crippen LogP contribution in [0.2, 0.25) is 0 Å². The summed E-state index contributed by atoms with van der Waals surface area (Å²) in [6.45, 7) is 0.648. The zero-order chi connectivity index (χ0) is 29.6. The van der Waals surface area contributed by atoms with Crippen molar-refractivity contribution >= 4 is 21.7 Å². The minimum Gasteiger partial charge on any atom is -0.457 e. The standard InChI is InChI=1S/C31H33FN2O7S/c32-25-11-15-27(16-12-25)40-26-13-9-24(10-14-26)31(22-28(35)33-41-29-8-4-5-20-39-29)17-18-34(19-21-42(31,37)38)30(36)23-6-2-1-3-7-23/h1-3,6-7,9-16,29H,4-5,8,17-22H2,(H,33,35). The zero-order valence-corrected chi connectivity index (χ0v) is 23.9. The number of halogens is 1. The highest BCUT2D eigenvalue weighted by Gasteiger charge is 2.49. The average Bonchev–Trinajstić information content (AvgIpc) is 3.14. The van der Waals surface area contributed by atoms with Crippen LogP contribution < -0.4 is 10.2 Å². The lowest BCUT2D eigenvalue weighted by Gasteiger charge is -2.32. The largest absolute Gasteiger partial charge is 0.457 e. The number of nitrogens with one attached hydrogen (secondary N) is 1. The van der Waals surface area contributed by atoms with E-state index in [1.807, 2.05) is 0 Å². The monoisotopic (exact) mass is 596 g/mol. The summed E-state index contributed by atoms with van der Waals surface area (Å²) in [4.78, 5) is 33.4. The fourth-order valence-electron chi connectivity index (χ4n) is 5.30. The van der Waals surface area contributed by atoms with Crippen molar-refractivity contribution < 1.29 is 36.7 Å². The maximum absolute atomic E-state index is 14.0. The Morgan fingerprint density at radius 2 is 1.64 bits per heavy atom. The molecule has 0 aromatic heterocycles. The first-order valence-electron chi connectivity index (χ1n) is 13.9. The number of hydrogen-bond acceptors (Lipinski definition) is 7. The molecule has 0 radical (unpaired) electrons. The van der Waals surface area contributed by atoms with Gasteiger partial charge in [0, 0.05) is 31.7 Å². The molecule has 2 heterocycles. The fraction of sp³-hybridized carbons (Fsp3) is 0.355. The lowest BCUT2D eigenvalue weighted by Crippen LogP contribution is -2.43. The summed E-state index contributed by atoms with van der Waals surface area (Å²) >= 11 is 0. The predicted molar refractivity (Wildman–Crippen MR) is 153 cm³/mol. The van der Waals surface area contributed by atoms with Crippen LogP contribution >= 0.6 is 0 Å². The lowest BCUT2D eigenvalue weighted by atomic mass is 9.90. The Morgan fingerprint density at radius 3 is 2.31 bits per heavy atom. The minimum absolute atomic E-state index is 0.000574. The third-order valence-electron chi connectivity index (χ3n) is 7.64. The first-order chi connectivity index (χ1) is 20.3. The van der Waals surface area contributed by atoms with Crippen LogP contribution in [0, 0.1) is 5.82 Å². The molecule has 2 atom stereocenters. The quantitative estimate of drug-likeness (QED) is 0.374. The molecule has 222 valence electrons. The molecule has 0 spiro atoms. The summed E-state index contributed by atoms with van der Waals surface area (Å²) in [6.07, 6.45) is 1.43. The molecule has 2 fully saturated rings. The molecule has 2 aliphatic heterocycles. The van der Waals surface area contributed by atoms with Gasteiger partial charge in [0.25, 0.3) is 5.91 Å². The van der Waals surface area contributed by atoms with Crippen molar-refractivity contribution in [2.75, 3.05) is 25.4 Å². The van der Waals surface area contributed by atoms with Gasteiger partial charge in [-0.15, -0.1) is 0 Å². The second-order valence-corrected chi connectivity index (χ2v) is 12.8. The van der Waals surface area contributed by atoms with Gasteiger partial charge >= 0.3 is 0 Å². The number of sulfone groups is 1. The van der Waals surface area contributed by atoms with Crippen LogP contribution in [-0.4, -0.2) is 56.9 Å². The Bertz CT molecular complexity index is 1480. The molecule has 3 aromatic carbocycles. The van der Waals surface area contributed by atoms with E-state index in [-0.39, 0.29) is 31.2 Å². The van der Waals surface area contributed by atoms with E-state index in [1.165, 1.54) is 29.2 Å². The Hall–Kier alpha value is -3.80. The van der Waals surface area contributed by atoms with E-state index in [0.29, 0.717) is 35.7 Å². The molecule has 42 heavy (non-hydrogen) atoms. The number of nitrogens with zero attached hydrogens (tertiary/aromatic N) is 1. The van der Waals surface area contributed by atoms with E-state index in [2.05, 4.69) is 5.48 Å². The summed E-state index contributed by atoms with van der Waals surface area (Å²) in [6, 6.07) is 20.7. The predicted octanol–water partition coefficient (Wildman–Crippen LogP) is 4.74. The molecule has 1 N–H and O–H groups in total. The van der Waals surface area contributed by atoms with Gasteiger partial charge < -0.3 is 14.4 Å². The molecular formula is C31H33FN2O7S. The van der Waals surface area contributed by atoms with Gasteiger partial charge in [0.05, 0.1) is 12.2 Å². The number of hydroxylamine groups is 1. The van der Waals surface area contributed by atoms with Crippen LogP contribution in [0.4, 0.5) is 4.39 Å². The van der Waals surface area contributed by atoms with Crippen molar-refractivity contribution in [1.29, 1.82) is 0 Å². The number of ether oxygens (including phenoxy) is 2. The Kier molecular flexibility index (Phi) is 9.20. The van der Waals surface area contributed by atoms with Crippen LogP contribution in [0.1, 0.15) is 48.0 Å². The molecule has 0 aliphatic carbocycles. The van der Waals surface area contributed by atoms with Gasteiger partial charge in [0.15, 0.2) is 16.1 Å². The Balaban J connectivity index is 1.41. The van der Waals surface area contributed by atoms with Crippen molar-refractivity contribution in [3.05, 3.63) is 95.8 Å². The molecule has 0 bridgehead atoms. The summed E-state index contributed by atoms with van der Waals surface area (Å²) in [5.74, 6) is -0.768. The van der Waals surface area contributed by atoms with E-state index in [0.717, 1.165) is 12.8 Å². The number of rotatable bonds is 8. The first kappa shape index (κ1) is 29.7. The second-order valence-electron chi connectivity index (χ2n) is 10.4. The number of hydrogen-bond donors (Lipinski definition) is 1. The van der Waals surface area contributed by atoms with Crippen molar-refractivity contribution in [2.45, 2.75) is 43.1 Å². The van der Waals surface area contributed by atoms with E-state index in [9.17, 15) is 22.4 Å². The number of amides is 2. The maximum Gasteiger partial charge on any atom is 0.253 e. The Morgan fingerprint density at radius 1 is 0.952 bits per heavy atom. The molecule has 2 saturated heterocycles. The highest BCUT2D eigenvalue weighted by molar-refractivity contribution is 7.92. The number of benzene rings is 3. The SMILES string of the molecule is O=C(CC1(c2ccc(Oc3ccc(F)cc3)cc2)CCN(C(=O)c2ccccc2)CCS1(=O)=O)NOC1CCCCO1. The van der Waals surface area contributed by atoms with Crippen molar-refractivity contribution in [2.24, 2.45) is 0 Å². The molecule has 2 unspecified atom stereocenters. The normalized spacial score (nSPS) is 22.1. The van der Waals surface area contributed by atoms with Crippen molar-refractivity contribution in [1.82, 2.24) is 10.4 Å². The van der Waals surface area contributed by atoms with Crippen molar-refractivity contribution in [3.8, 4) is 11.5 Å². The molecular weight excluding hydrogens is 563 g/mol. The lowest BCUT2D eigenvalue weighted by molar-refractivity contribution is -0.200. The molecule has 2 aliphatic rings.